The summed E-state index contributed by atoms with van der Waals surface area (Å²) in [5, 5.41) is 7.87. The first-order chi connectivity index (χ1) is 14.2. The Balaban J connectivity index is 1.52. The Hall–Kier alpha value is -3.03. The molecule has 2 aromatic carbocycles. The van der Waals surface area contributed by atoms with Crippen molar-refractivity contribution in [1.82, 2.24) is 20.0 Å². The molecule has 0 bridgehead atoms. The number of fused-ring (bicyclic) bond motifs is 1. The Morgan fingerprint density at radius 1 is 1.07 bits per heavy atom. The molecule has 1 aliphatic rings. The highest BCUT2D eigenvalue weighted by atomic mass is 16.5. The fraction of sp³-hybridized carbons (Fsp3) is 0.318. The molecule has 1 aliphatic heterocycles. The van der Waals surface area contributed by atoms with Crippen LogP contribution in [0.15, 0.2) is 65.6 Å². The van der Waals surface area contributed by atoms with E-state index in [0.717, 1.165) is 25.2 Å². The molecule has 1 fully saturated rings. The molecular weight excluding hydrogens is 368 g/mol. The van der Waals surface area contributed by atoms with E-state index in [1.165, 1.54) is 6.20 Å². The van der Waals surface area contributed by atoms with Crippen molar-refractivity contribution < 1.29 is 9.53 Å². The number of rotatable bonds is 6. The van der Waals surface area contributed by atoms with Gasteiger partial charge in [-0.25, -0.2) is 0 Å². The number of benzene rings is 2. The molecular formula is C22H24N4O3. The molecule has 0 saturated carbocycles. The van der Waals surface area contributed by atoms with Crippen molar-refractivity contribution in [2.45, 2.75) is 12.6 Å². The van der Waals surface area contributed by atoms with Crippen LogP contribution in [0.25, 0.3) is 10.9 Å². The summed E-state index contributed by atoms with van der Waals surface area (Å²) >= 11 is 0. The van der Waals surface area contributed by atoms with E-state index in [1.807, 2.05) is 42.5 Å². The summed E-state index contributed by atoms with van der Waals surface area (Å²) in [4.78, 5) is 27.2. The molecule has 29 heavy (non-hydrogen) atoms. The lowest BCUT2D eigenvalue weighted by atomic mass is 10.1. The van der Waals surface area contributed by atoms with Gasteiger partial charge in [0.25, 0.3) is 0 Å². The zero-order valence-electron chi connectivity index (χ0n) is 16.2. The summed E-state index contributed by atoms with van der Waals surface area (Å²) in [5.74, 6) is -0.145. The summed E-state index contributed by atoms with van der Waals surface area (Å²) in [7, 11) is 0. The van der Waals surface area contributed by atoms with Gasteiger partial charge in [-0.05, 0) is 17.7 Å². The number of carbonyl (C=O) groups excluding carboxylic acids is 1. The van der Waals surface area contributed by atoms with Crippen LogP contribution >= 0.6 is 0 Å². The molecule has 150 valence electrons. The number of nitrogens with zero attached hydrogens (tertiary/aromatic N) is 3. The lowest BCUT2D eigenvalue weighted by molar-refractivity contribution is -0.122. The second-order valence-electron chi connectivity index (χ2n) is 7.13. The number of nitrogens with one attached hydrogen (secondary N) is 1. The largest absolute Gasteiger partial charge is 0.379 e. The van der Waals surface area contributed by atoms with Gasteiger partial charge in [-0.15, -0.1) is 0 Å². The van der Waals surface area contributed by atoms with Crippen LogP contribution in [0.4, 0.5) is 0 Å². The monoisotopic (exact) mass is 392 g/mol. The smallest absolute Gasteiger partial charge is 0.242 e. The third-order valence-electron chi connectivity index (χ3n) is 5.14. The molecule has 4 rings (SSSR count). The second kappa shape index (κ2) is 8.98. The van der Waals surface area contributed by atoms with Gasteiger partial charge in [0.2, 0.25) is 11.3 Å². The molecule has 1 unspecified atom stereocenters. The lowest BCUT2D eigenvalue weighted by Gasteiger charge is -2.31. The standard InChI is InChI=1S/C22H24N4O3/c27-21-14-23-26(20-9-5-4-8-18(20)21)16-22(28)24-19(17-6-2-1-3-7-17)15-25-10-12-29-13-11-25/h1-9,14,19H,10-13,15-16H2,(H,24,28). The van der Waals surface area contributed by atoms with E-state index < -0.39 is 0 Å². The van der Waals surface area contributed by atoms with E-state index in [2.05, 4.69) is 15.3 Å². The Labute approximate surface area is 168 Å². The van der Waals surface area contributed by atoms with Crippen LogP contribution in [-0.2, 0) is 16.1 Å². The molecule has 7 heteroatoms. The zero-order valence-corrected chi connectivity index (χ0v) is 16.2. The zero-order chi connectivity index (χ0) is 20.1. The van der Waals surface area contributed by atoms with Crippen molar-refractivity contribution in [2.75, 3.05) is 32.8 Å². The topological polar surface area (TPSA) is 76.5 Å². The number of hydrogen-bond donors (Lipinski definition) is 1. The van der Waals surface area contributed by atoms with Gasteiger partial charge < -0.3 is 10.1 Å². The van der Waals surface area contributed by atoms with Gasteiger partial charge in [0.15, 0.2) is 0 Å². The maximum Gasteiger partial charge on any atom is 0.242 e. The summed E-state index contributed by atoms with van der Waals surface area (Å²) < 4.78 is 7.00. The van der Waals surface area contributed by atoms with E-state index in [4.69, 9.17) is 4.74 Å². The van der Waals surface area contributed by atoms with Gasteiger partial charge in [-0.3, -0.25) is 19.2 Å². The van der Waals surface area contributed by atoms with Gasteiger partial charge in [0.05, 0.1) is 31.0 Å². The van der Waals surface area contributed by atoms with Crippen LogP contribution < -0.4 is 10.7 Å². The highest BCUT2D eigenvalue weighted by molar-refractivity contribution is 5.81. The summed E-state index contributed by atoms with van der Waals surface area (Å²) in [6, 6.07) is 17.0. The van der Waals surface area contributed by atoms with Crippen molar-refractivity contribution in [1.29, 1.82) is 0 Å². The Kier molecular flexibility index (Phi) is 5.97. The second-order valence-corrected chi connectivity index (χ2v) is 7.13. The van der Waals surface area contributed by atoms with Crippen molar-refractivity contribution in [3.63, 3.8) is 0 Å². The number of para-hydroxylation sites is 1. The van der Waals surface area contributed by atoms with E-state index >= 15 is 0 Å². The third kappa shape index (κ3) is 4.70. The fourth-order valence-electron chi connectivity index (χ4n) is 3.62. The molecule has 7 nitrogen and oxygen atoms in total. The van der Waals surface area contributed by atoms with Crippen molar-refractivity contribution in [2.24, 2.45) is 0 Å². The number of ether oxygens (including phenoxy) is 1. The SMILES string of the molecule is O=C(Cn1ncc(=O)c2ccccc21)NC(CN1CCOCC1)c1ccccc1. The van der Waals surface area contributed by atoms with Crippen LogP contribution in [0.5, 0.6) is 0 Å². The Morgan fingerprint density at radius 2 is 1.79 bits per heavy atom. The summed E-state index contributed by atoms with van der Waals surface area (Å²) in [5.41, 5.74) is 1.57. The number of morpholine rings is 1. The highest BCUT2D eigenvalue weighted by Crippen LogP contribution is 2.16. The van der Waals surface area contributed by atoms with Crippen LogP contribution in [0.1, 0.15) is 11.6 Å². The third-order valence-corrected chi connectivity index (χ3v) is 5.14. The average Bonchev–Trinajstić information content (AvgIpc) is 2.77. The first-order valence-electron chi connectivity index (χ1n) is 9.80. The molecule has 1 aromatic heterocycles. The predicted molar refractivity (Wildman–Crippen MR) is 111 cm³/mol. The minimum Gasteiger partial charge on any atom is -0.379 e. The first-order valence-corrected chi connectivity index (χ1v) is 9.80. The van der Waals surface area contributed by atoms with E-state index in [0.29, 0.717) is 24.1 Å². The van der Waals surface area contributed by atoms with Crippen LogP contribution in [-0.4, -0.2) is 53.4 Å². The lowest BCUT2D eigenvalue weighted by Crippen LogP contribution is -2.43. The van der Waals surface area contributed by atoms with E-state index in [1.54, 1.807) is 16.8 Å². The van der Waals surface area contributed by atoms with E-state index in [-0.39, 0.29) is 23.9 Å². The Morgan fingerprint density at radius 3 is 2.59 bits per heavy atom. The molecule has 3 aromatic rings. The van der Waals surface area contributed by atoms with Gasteiger partial charge >= 0.3 is 0 Å². The molecule has 1 saturated heterocycles. The average molecular weight is 392 g/mol. The highest BCUT2D eigenvalue weighted by Gasteiger charge is 2.20. The van der Waals surface area contributed by atoms with Crippen LogP contribution in [0, 0.1) is 0 Å². The molecule has 1 amide bonds. The van der Waals surface area contributed by atoms with Crippen molar-refractivity contribution >= 4 is 16.8 Å². The quantitative estimate of drug-likeness (QED) is 0.689. The van der Waals surface area contributed by atoms with Crippen LogP contribution in [0.3, 0.4) is 0 Å². The summed E-state index contributed by atoms with van der Waals surface area (Å²) in [6.07, 6.45) is 1.26. The normalized spacial score (nSPS) is 15.9. The number of aromatic nitrogens is 2. The number of carbonyl (C=O) groups is 1. The van der Waals surface area contributed by atoms with Crippen LogP contribution in [0.2, 0.25) is 0 Å². The maximum atomic E-state index is 12.9. The minimum atomic E-state index is -0.147. The number of amides is 1. The summed E-state index contributed by atoms with van der Waals surface area (Å²) in [6.45, 7) is 3.90. The van der Waals surface area contributed by atoms with Crippen molar-refractivity contribution in [3.05, 3.63) is 76.6 Å². The van der Waals surface area contributed by atoms with Crippen molar-refractivity contribution in [3.8, 4) is 0 Å². The molecule has 0 spiro atoms. The molecule has 0 radical (unpaired) electrons. The Bertz CT molecular complexity index is 1030. The molecule has 1 atom stereocenters. The minimum absolute atomic E-state index is 0.0488. The molecule has 0 aliphatic carbocycles. The molecule has 2 heterocycles. The van der Waals surface area contributed by atoms with Gasteiger partial charge in [0.1, 0.15) is 6.54 Å². The number of hydrogen-bond acceptors (Lipinski definition) is 5. The fourth-order valence-corrected chi connectivity index (χ4v) is 3.62. The predicted octanol–water partition coefficient (Wildman–Crippen LogP) is 1.59. The maximum absolute atomic E-state index is 12.9. The van der Waals surface area contributed by atoms with Gasteiger partial charge in [0, 0.05) is 25.0 Å². The van der Waals surface area contributed by atoms with Gasteiger partial charge in [-0.2, -0.15) is 5.10 Å². The molecule has 1 N–H and O–H groups in total. The first kappa shape index (κ1) is 19.3. The van der Waals surface area contributed by atoms with E-state index in [9.17, 15) is 9.59 Å². The van der Waals surface area contributed by atoms with Gasteiger partial charge in [-0.1, -0.05) is 42.5 Å².